The molecular weight excluding hydrogens is 412 g/mol. The summed E-state index contributed by atoms with van der Waals surface area (Å²) in [5, 5.41) is 0.817. The molecule has 0 bridgehead atoms. The van der Waals surface area contributed by atoms with Gasteiger partial charge in [0.15, 0.2) is 0 Å². The van der Waals surface area contributed by atoms with Gasteiger partial charge < -0.3 is 9.80 Å². The largest absolute Gasteiger partial charge is 0.372 e. The van der Waals surface area contributed by atoms with Gasteiger partial charge in [0.1, 0.15) is 0 Å². The molecule has 3 aromatic carbocycles. The Hall–Kier alpha value is -2.45. The van der Waals surface area contributed by atoms with Gasteiger partial charge in [0.25, 0.3) is 0 Å². The normalized spacial score (nSPS) is 11.1. The summed E-state index contributed by atoms with van der Waals surface area (Å²) >= 11 is 6.82. The van der Waals surface area contributed by atoms with Gasteiger partial charge in [0.05, 0.1) is 0 Å². The van der Waals surface area contributed by atoms with Gasteiger partial charge in [-0.15, -0.1) is 0 Å². The van der Waals surface area contributed by atoms with Crippen LogP contribution in [0.2, 0.25) is 5.02 Å². The fourth-order valence-electron chi connectivity index (χ4n) is 4.66. The summed E-state index contributed by atoms with van der Waals surface area (Å²) in [7, 11) is 0. The van der Waals surface area contributed by atoms with Crippen molar-refractivity contribution < 1.29 is 0 Å². The maximum atomic E-state index is 6.82. The number of benzene rings is 3. The second-order valence-electron chi connectivity index (χ2n) is 8.38. The maximum absolute atomic E-state index is 6.82. The number of hydrogen-bond acceptors (Lipinski definition) is 2. The molecule has 0 amide bonds. The van der Waals surface area contributed by atoms with E-state index in [1.54, 1.807) is 0 Å². The molecule has 0 spiro atoms. The topological polar surface area (TPSA) is 6.48 Å². The molecule has 0 radical (unpaired) electrons. The highest BCUT2D eigenvalue weighted by Gasteiger charge is 2.24. The summed E-state index contributed by atoms with van der Waals surface area (Å²) in [5.41, 5.74) is 8.92. The molecule has 2 nitrogen and oxygen atoms in total. The molecule has 0 saturated heterocycles. The van der Waals surface area contributed by atoms with Gasteiger partial charge in [-0.1, -0.05) is 41.9 Å². The van der Waals surface area contributed by atoms with Crippen molar-refractivity contribution in [2.45, 2.75) is 47.5 Å². The fourth-order valence-corrected chi connectivity index (χ4v) is 4.91. The van der Waals surface area contributed by atoms with Gasteiger partial charge in [-0.25, -0.2) is 0 Å². The highest BCUT2D eigenvalue weighted by molar-refractivity contribution is 6.31. The van der Waals surface area contributed by atoms with Gasteiger partial charge in [0.2, 0.25) is 0 Å². The first-order valence-electron chi connectivity index (χ1n) is 11.9. The summed E-state index contributed by atoms with van der Waals surface area (Å²) < 4.78 is 0. The van der Waals surface area contributed by atoms with Crippen LogP contribution in [0, 0.1) is 13.8 Å². The first-order valence-corrected chi connectivity index (χ1v) is 12.3. The Bertz CT molecular complexity index is 974. The van der Waals surface area contributed by atoms with Crippen molar-refractivity contribution in [3.63, 3.8) is 0 Å². The molecule has 0 N–H and O–H groups in total. The van der Waals surface area contributed by atoms with Gasteiger partial charge >= 0.3 is 0 Å². The third-order valence-corrected chi connectivity index (χ3v) is 6.97. The van der Waals surface area contributed by atoms with Crippen LogP contribution in [0.25, 0.3) is 0 Å². The summed E-state index contributed by atoms with van der Waals surface area (Å²) in [4.78, 5) is 4.82. The minimum absolute atomic E-state index is 0.0784. The van der Waals surface area contributed by atoms with Crippen molar-refractivity contribution in [1.29, 1.82) is 0 Å². The molecule has 3 rings (SSSR count). The molecule has 170 valence electrons. The Morgan fingerprint density at radius 3 is 1.47 bits per heavy atom. The van der Waals surface area contributed by atoms with Gasteiger partial charge in [-0.05, 0) is 99.7 Å². The van der Waals surface area contributed by atoms with Crippen LogP contribution in [-0.4, -0.2) is 26.2 Å². The van der Waals surface area contributed by atoms with Crippen molar-refractivity contribution in [2.75, 3.05) is 36.0 Å². The van der Waals surface area contributed by atoms with Crippen molar-refractivity contribution in [3.8, 4) is 0 Å². The van der Waals surface area contributed by atoms with Crippen molar-refractivity contribution in [2.24, 2.45) is 0 Å². The van der Waals surface area contributed by atoms with Crippen molar-refractivity contribution in [3.05, 3.63) is 93.5 Å². The Morgan fingerprint density at radius 1 is 0.625 bits per heavy atom. The molecule has 3 aromatic rings. The van der Waals surface area contributed by atoms with Crippen molar-refractivity contribution in [1.82, 2.24) is 0 Å². The Balaban J connectivity index is 2.28. The van der Waals surface area contributed by atoms with E-state index < -0.39 is 0 Å². The quantitative estimate of drug-likeness (QED) is 0.307. The molecule has 0 aliphatic carbocycles. The maximum Gasteiger partial charge on any atom is 0.0447 e. The number of hydrogen-bond donors (Lipinski definition) is 0. The van der Waals surface area contributed by atoms with Gasteiger partial charge in [0, 0.05) is 48.5 Å². The van der Waals surface area contributed by atoms with Crippen LogP contribution in [0.4, 0.5) is 11.4 Å². The van der Waals surface area contributed by atoms with Crippen LogP contribution >= 0.6 is 11.6 Å². The molecule has 0 aliphatic heterocycles. The number of aryl methyl sites for hydroxylation is 2. The van der Waals surface area contributed by atoms with E-state index in [1.807, 2.05) is 12.1 Å². The molecule has 0 aromatic heterocycles. The Labute approximate surface area is 199 Å². The molecule has 0 unspecified atom stereocenters. The van der Waals surface area contributed by atoms with E-state index in [-0.39, 0.29) is 5.92 Å². The first kappa shape index (κ1) is 24.2. The lowest BCUT2D eigenvalue weighted by atomic mass is 9.80. The average Bonchev–Trinajstić information content (AvgIpc) is 2.80. The molecule has 0 saturated carbocycles. The highest BCUT2D eigenvalue weighted by atomic mass is 35.5. The van der Waals surface area contributed by atoms with Crippen LogP contribution in [0.15, 0.2) is 60.7 Å². The highest BCUT2D eigenvalue weighted by Crippen LogP contribution is 2.41. The predicted octanol–water partition coefficient (Wildman–Crippen LogP) is 7.83. The van der Waals surface area contributed by atoms with E-state index >= 15 is 0 Å². The van der Waals surface area contributed by atoms with E-state index in [4.69, 9.17) is 11.6 Å². The zero-order valence-corrected chi connectivity index (χ0v) is 21.2. The number of anilines is 2. The van der Waals surface area contributed by atoms with Crippen molar-refractivity contribution >= 4 is 23.0 Å². The summed E-state index contributed by atoms with van der Waals surface area (Å²) in [6.45, 7) is 17.3. The van der Waals surface area contributed by atoms with Crippen LogP contribution < -0.4 is 9.80 Å². The smallest absolute Gasteiger partial charge is 0.0447 e. The Morgan fingerprint density at radius 2 is 1.06 bits per heavy atom. The SMILES string of the molecule is CCN(CC)c1ccc(C)c(C(c2cc(N(CC)CC)ccc2C)c2ccccc2Cl)c1. The summed E-state index contributed by atoms with van der Waals surface area (Å²) in [6, 6.07) is 22.1. The minimum atomic E-state index is 0.0784. The van der Waals surface area contributed by atoms with Gasteiger partial charge in [-0.3, -0.25) is 0 Å². The summed E-state index contributed by atoms with van der Waals surface area (Å²) in [5.74, 6) is 0.0784. The second kappa shape index (κ2) is 10.9. The van der Waals surface area contributed by atoms with Crippen LogP contribution in [0.5, 0.6) is 0 Å². The number of halogens is 1. The first-order chi connectivity index (χ1) is 15.4. The lowest BCUT2D eigenvalue weighted by molar-refractivity contribution is 0.855. The average molecular weight is 449 g/mol. The predicted molar refractivity (Wildman–Crippen MR) is 142 cm³/mol. The molecule has 0 heterocycles. The van der Waals surface area contributed by atoms with Gasteiger partial charge in [-0.2, -0.15) is 0 Å². The molecule has 3 heteroatoms. The monoisotopic (exact) mass is 448 g/mol. The lowest BCUT2D eigenvalue weighted by Crippen LogP contribution is -2.23. The standard InChI is InChI=1S/C29H37ClN2/c1-7-31(8-2)23-17-15-21(5)26(19-23)29(25-13-11-12-14-28(25)30)27-20-24(18-16-22(27)6)32(9-3)10-4/h11-20,29H,7-10H2,1-6H3. The zero-order valence-electron chi connectivity index (χ0n) is 20.5. The lowest BCUT2D eigenvalue weighted by Gasteiger charge is -2.29. The molecule has 0 atom stereocenters. The minimum Gasteiger partial charge on any atom is -0.372 e. The van der Waals surface area contributed by atoms with E-state index in [0.29, 0.717) is 0 Å². The van der Waals surface area contributed by atoms with E-state index in [1.165, 1.54) is 33.6 Å². The molecule has 32 heavy (non-hydrogen) atoms. The van der Waals surface area contributed by atoms with E-state index in [9.17, 15) is 0 Å². The van der Waals surface area contributed by atoms with Crippen LogP contribution in [-0.2, 0) is 0 Å². The third-order valence-electron chi connectivity index (χ3n) is 6.62. The third kappa shape index (κ3) is 4.96. The zero-order chi connectivity index (χ0) is 23.3. The van der Waals surface area contributed by atoms with Crippen LogP contribution in [0.1, 0.15) is 61.4 Å². The molecular formula is C29H37ClN2. The number of nitrogens with zero attached hydrogens (tertiary/aromatic N) is 2. The van der Waals surface area contributed by atoms with E-state index in [0.717, 1.165) is 36.8 Å². The second-order valence-corrected chi connectivity index (χ2v) is 8.79. The molecule has 0 aliphatic rings. The molecule has 0 fully saturated rings. The number of rotatable bonds is 9. The van der Waals surface area contributed by atoms with Crippen LogP contribution in [0.3, 0.4) is 0 Å². The van der Waals surface area contributed by atoms with E-state index in [2.05, 4.69) is 99.9 Å². The fraction of sp³-hybridized carbons (Fsp3) is 0.379. The Kier molecular flexibility index (Phi) is 8.26. The summed E-state index contributed by atoms with van der Waals surface area (Å²) in [6.07, 6.45) is 0.